The maximum Gasteiger partial charge on any atom is 0.164 e. The molecule has 1 aromatic heterocycles. The van der Waals surface area contributed by atoms with Gasteiger partial charge in [-0.3, -0.25) is 0 Å². The molecule has 0 spiro atoms. The van der Waals surface area contributed by atoms with Crippen LogP contribution in [0.2, 0.25) is 0 Å². The average molecular weight is 200 g/mol. The Morgan fingerprint density at radius 1 is 1.27 bits per heavy atom. The number of nitrogens with zero attached hydrogens (tertiary/aromatic N) is 1. The SMILES string of the molecule is Nc1c2c(nc3ccccc13)CCCO2. The van der Waals surface area contributed by atoms with Crippen molar-refractivity contribution in [3.63, 3.8) is 0 Å². The van der Waals surface area contributed by atoms with Crippen molar-refractivity contribution in [2.45, 2.75) is 12.8 Å². The number of nitrogens with two attached hydrogens (primary N) is 1. The van der Waals surface area contributed by atoms with Gasteiger partial charge in [0.15, 0.2) is 5.75 Å². The van der Waals surface area contributed by atoms with Crippen LogP contribution in [0.5, 0.6) is 5.75 Å². The van der Waals surface area contributed by atoms with Crippen LogP contribution in [-0.2, 0) is 6.42 Å². The van der Waals surface area contributed by atoms with Crippen LogP contribution in [0.15, 0.2) is 24.3 Å². The lowest BCUT2D eigenvalue weighted by molar-refractivity contribution is 0.287. The average Bonchev–Trinajstić information content (AvgIpc) is 2.30. The summed E-state index contributed by atoms with van der Waals surface area (Å²) in [7, 11) is 0. The number of aromatic nitrogens is 1. The number of aryl methyl sites for hydroxylation is 1. The first-order chi connectivity index (χ1) is 7.36. The van der Waals surface area contributed by atoms with Crippen LogP contribution in [-0.4, -0.2) is 11.6 Å². The highest BCUT2D eigenvalue weighted by molar-refractivity contribution is 5.93. The van der Waals surface area contributed by atoms with Gasteiger partial charge in [-0.25, -0.2) is 4.98 Å². The van der Waals surface area contributed by atoms with Gasteiger partial charge in [0.25, 0.3) is 0 Å². The summed E-state index contributed by atoms with van der Waals surface area (Å²) < 4.78 is 5.57. The monoisotopic (exact) mass is 200 g/mol. The normalized spacial score (nSPS) is 14.7. The molecular formula is C12H12N2O. The van der Waals surface area contributed by atoms with Gasteiger partial charge in [-0.15, -0.1) is 0 Å². The maximum atomic E-state index is 6.07. The lowest BCUT2D eigenvalue weighted by Gasteiger charge is -2.19. The topological polar surface area (TPSA) is 48.1 Å². The summed E-state index contributed by atoms with van der Waals surface area (Å²) in [6, 6.07) is 7.91. The lowest BCUT2D eigenvalue weighted by Crippen LogP contribution is -2.12. The number of fused-ring (bicyclic) bond motifs is 2. The number of anilines is 1. The summed E-state index contributed by atoms with van der Waals surface area (Å²) in [6.07, 6.45) is 1.99. The minimum atomic E-state index is 0.732. The van der Waals surface area contributed by atoms with Gasteiger partial charge in [0, 0.05) is 5.39 Å². The fourth-order valence-electron chi connectivity index (χ4n) is 2.02. The highest BCUT2D eigenvalue weighted by Gasteiger charge is 2.17. The van der Waals surface area contributed by atoms with Crippen molar-refractivity contribution in [1.82, 2.24) is 4.98 Å². The van der Waals surface area contributed by atoms with Gasteiger partial charge < -0.3 is 10.5 Å². The molecule has 0 aliphatic carbocycles. The van der Waals surface area contributed by atoms with Gasteiger partial charge in [0.2, 0.25) is 0 Å². The highest BCUT2D eigenvalue weighted by atomic mass is 16.5. The summed E-state index contributed by atoms with van der Waals surface area (Å²) in [5.41, 5.74) is 8.76. The van der Waals surface area contributed by atoms with Crippen molar-refractivity contribution in [1.29, 1.82) is 0 Å². The van der Waals surface area contributed by atoms with Gasteiger partial charge in [0.05, 0.1) is 23.5 Å². The van der Waals surface area contributed by atoms with Gasteiger partial charge in [-0.1, -0.05) is 18.2 Å². The molecule has 1 aliphatic rings. The molecule has 1 aromatic carbocycles. The standard InChI is InChI=1S/C12H12N2O/c13-11-8-4-1-2-5-9(8)14-10-6-3-7-15-12(10)11/h1-2,4-5H,3,6-7H2,(H2,13,14). The third kappa shape index (κ3) is 1.23. The van der Waals surface area contributed by atoms with Crippen molar-refractivity contribution < 1.29 is 4.74 Å². The molecule has 0 saturated heterocycles. The van der Waals surface area contributed by atoms with E-state index < -0.39 is 0 Å². The van der Waals surface area contributed by atoms with E-state index in [1.165, 1.54) is 0 Å². The summed E-state index contributed by atoms with van der Waals surface area (Å²) in [5.74, 6) is 0.792. The summed E-state index contributed by atoms with van der Waals surface area (Å²) in [4.78, 5) is 4.57. The molecule has 0 unspecified atom stereocenters. The number of hydrogen-bond acceptors (Lipinski definition) is 3. The summed E-state index contributed by atoms with van der Waals surface area (Å²) in [5, 5.41) is 0.984. The second-order valence-corrected chi connectivity index (χ2v) is 3.77. The number of pyridine rings is 1. The zero-order chi connectivity index (χ0) is 10.3. The number of ether oxygens (including phenoxy) is 1. The predicted molar refractivity (Wildman–Crippen MR) is 60.0 cm³/mol. The van der Waals surface area contributed by atoms with Crippen molar-refractivity contribution in [3.05, 3.63) is 30.0 Å². The van der Waals surface area contributed by atoms with Crippen molar-refractivity contribution in [2.24, 2.45) is 0 Å². The van der Waals surface area contributed by atoms with Crippen molar-refractivity contribution in [3.8, 4) is 5.75 Å². The molecule has 3 nitrogen and oxygen atoms in total. The number of hydrogen-bond donors (Lipinski definition) is 1. The van der Waals surface area contributed by atoms with E-state index in [1.807, 2.05) is 24.3 Å². The third-order valence-corrected chi connectivity index (χ3v) is 2.76. The Morgan fingerprint density at radius 2 is 2.13 bits per heavy atom. The Labute approximate surface area is 87.9 Å². The Morgan fingerprint density at radius 3 is 3.07 bits per heavy atom. The van der Waals surface area contributed by atoms with Crippen LogP contribution < -0.4 is 10.5 Å². The van der Waals surface area contributed by atoms with E-state index in [4.69, 9.17) is 10.5 Å². The van der Waals surface area contributed by atoms with E-state index in [2.05, 4.69) is 4.98 Å². The smallest absolute Gasteiger partial charge is 0.164 e. The van der Waals surface area contributed by atoms with E-state index in [-0.39, 0.29) is 0 Å². The molecule has 2 heterocycles. The Balaban J connectivity index is 2.36. The maximum absolute atomic E-state index is 6.07. The molecule has 2 N–H and O–H groups in total. The highest BCUT2D eigenvalue weighted by Crippen LogP contribution is 2.34. The molecule has 76 valence electrons. The minimum absolute atomic E-state index is 0.732. The number of para-hydroxylation sites is 1. The van der Waals surface area contributed by atoms with E-state index in [0.29, 0.717) is 0 Å². The van der Waals surface area contributed by atoms with Gasteiger partial charge >= 0.3 is 0 Å². The molecule has 0 atom stereocenters. The van der Waals surface area contributed by atoms with E-state index >= 15 is 0 Å². The fraction of sp³-hybridized carbons (Fsp3) is 0.250. The first-order valence-electron chi connectivity index (χ1n) is 5.16. The van der Waals surface area contributed by atoms with Gasteiger partial charge in [0.1, 0.15) is 0 Å². The third-order valence-electron chi connectivity index (χ3n) is 2.76. The van der Waals surface area contributed by atoms with Crippen LogP contribution in [0.3, 0.4) is 0 Å². The summed E-state index contributed by atoms with van der Waals surface area (Å²) in [6.45, 7) is 0.747. The number of rotatable bonds is 0. The molecule has 15 heavy (non-hydrogen) atoms. The first-order valence-corrected chi connectivity index (χ1v) is 5.16. The largest absolute Gasteiger partial charge is 0.489 e. The summed E-state index contributed by atoms with van der Waals surface area (Å²) >= 11 is 0. The molecule has 0 saturated carbocycles. The molecule has 0 amide bonds. The lowest BCUT2D eigenvalue weighted by atomic mass is 10.1. The molecule has 0 radical (unpaired) electrons. The van der Waals surface area contributed by atoms with Crippen molar-refractivity contribution in [2.75, 3.05) is 12.3 Å². The van der Waals surface area contributed by atoms with Crippen LogP contribution >= 0.6 is 0 Å². The van der Waals surface area contributed by atoms with E-state index in [0.717, 1.165) is 47.5 Å². The van der Waals surface area contributed by atoms with Gasteiger partial charge in [-0.2, -0.15) is 0 Å². The minimum Gasteiger partial charge on any atom is -0.489 e. The molecule has 0 bridgehead atoms. The van der Waals surface area contributed by atoms with E-state index in [1.54, 1.807) is 0 Å². The zero-order valence-electron chi connectivity index (χ0n) is 8.36. The molecule has 3 heteroatoms. The van der Waals surface area contributed by atoms with Crippen molar-refractivity contribution >= 4 is 16.6 Å². The first kappa shape index (κ1) is 8.53. The predicted octanol–water partition coefficient (Wildman–Crippen LogP) is 2.14. The number of benzene rings is 1. The second-order valence-electron chi connectivity index (χ2n) is 3.77. The molecule has 3 rings (SSSR count). The van der Waals surface area contributed by atoms with Gasteiger partial charge in [-0.05, 0) is 18.9 Å². The van der Waals surface area contributed by atoms with Crippen LogP contribution in [0.1, 0.15) is 12.1 Å². The number of nitrogen functional groups attached to an aromatic ring is 1. The fourth-order valence-corrected chi connectivity index (χ4v) is 2.02. The molecule has 0 fully saturated rings. The Hall–Kier alpha value is -1.77. The molecular weight excluding hydrogens is 188 g/mol. The van der Waals surface area contributed by atoms with Crippen LogP contribution in [0.4, 0.5) is 5.69 Å². The van der Waals surface area contributed by atoms with E-state index in [9.17, 15) is 0 Å². The molecule has 1 aliphatic heterocycles. The zero-order valence-corrected chi connectivity index (χ0v) is 8.36. The molecule has 2 aromatic rings. The van der Waals surface area contributed by atoms with Crippen LogP contribution in [0.25, 0.3) is 10.9 Å². The Bertz CT molecular complexity index is 522. The quantitative estimate of drug-likeness (QED) is 0.708. The second kappa shape index (κ2) is 3.12. The Kier molecular flexibility index (Phi) is 1.78. The van der Waals surface area contributed by atoms with Crippen LogP contribution in [0, 0.1) is 0 Å².